The fourth-order valence-electron chi connectivity index (χ4n) is 1.59. The average molecular weight is 267 g/mol. The maximum atomic E-state index is 12.8. The van der Waals surface area contributed by atoms with E-state index in [4.69, 9.17) is 17.3 Å². The summed E-state index contributed by atoms with van der Waals surface area (Å²) in [6, 6.07) is 8.11. The number of benzene rings is 2. The number of anilines is 1. The van der Waals surface area contributed by atoms with Crippen molar-refractivity contribution in [1.29, 1.82) is 0 Å². The molecule has 0 bridgehead atoms. The van der Waals surface area contributed by atoms with Gasteiger partial charge >= 0.3 is 0 Å². The Morgan fingerprint density at radius 2 is 1.83 bits per heavy atom. The number of nitro benzene ring substituents is 1. The van der Waals surface area contributed by atoms with E-state index in [0.29, 0.717) is 11.1 Å². The first kappa shape index (κ1) is 12.3. The van der Waals surface area contributed by atoms with E-state index in [-0.39, 0.29) is 22.2 Å². The fraction of sp³-hybridized carbons (Fsp3) is 0. The minimum Gasteiger partial charge on any atom is -0.393 e. The topological polar surface area (TPSA) is 69.2 Å². The zero-order chi connectivity index (χ0) is 13.3. The summed E-state index contributed by atoms with van der Waals surface area (Å²) in [5, 5.41) is 11.1. The van der Waals surface area contributed by atoms with Crippen molar-refractivity contribution in [3.63, 3.8) is 0 Å². The molecule has 0 aliphatic heterocycles. The molecule has 92 valence electrons. The molecule has 0 saturated heterocycles. The smallest absolute Gasteiger partial charge is 0.292 e. The van der Waals surface area contributed by atoms with Crippen molar-refractivity contribution in [1.82, 2.24) is 0 Å². The van der Waals surface area contributed by atoms with Crippen LogP contribution in [0.1, 0.15) is 0 Å². The van der Waals surface area contributed by atoms with Gasteiger partial charge in [0, 0.05) is 11.6 Å². The first-order valence-electron chi connectivity index (χ1n) is 4.98. The minimum atomic E-state index is -0.585. The van der Waals surface area contributed by atoms with Crippen LogP contribution in [0.3, 0.4) is 0 Å². The Morgan fingerprint density at radius 3 is 2.39 bits per heavy atom. The van der Waals surface area contributed by atoms with E-state index in [1.807, 2.05) is 0 Å². The van der Waals surface area contributed by atoms with Gasteiger partial charge in [-0.3, -0.25) is 10.1 Å². The summed E-state index contributed by atoms with van der Waals surface area (Å²) in [6.07, 6.45) is 0. The first-order valence-corrected chi connectivity index (χ1v) is 5.36. The highest BCUT2D eigenvalue weighted by atomic mass is 35.5. The Morgan fingerprint density at radius 1 is 1.22 bits per heavy atom. The van der Waals surface area contributed by atoms with Gasteiger partial charge in [-0.15, -0.1) is 0 Å². The van der Waals surface area contributed by atoms with Crippen molar-refractivity contribution in [2.24, 2.45) is 0 Å². The average Bonchev–Trinajstić information content (AvgIpc) is 2.30. The van der Waals surface area contributed by atoms with Gasteiger partial charge in [-0.1, -0.05) is 23.7 Å². The van der Waals surface area contributed by atoms with Gasteiger partial charge in [-0.05, 0) is 23.8 Å². The zero-order valence-electron chi connectivity index (χ0n) is 9.06. The number of hydrogen-bond acceptors (Lipinski definition) is 3. The van der Waals surface area contributed by atoms with Gasteiger partial charge in [0.05, 0.1) is 9.95 Å². The summed E-state index contributed by atoms with van der Waals surface area (Å²) >= 11 is 5.98. The van der Waals surface area contributed by atoms with Gasteiger partial charge in [0.25, 0.3) is 5.69 Å². The van der Waals surface area contributed by atoms with Crippen molar-refractivity contribution in [2.45, 2.75) is 0 Å². The van der Waals surface area contributed by atoms with E-state index in [0.717, 1.165) is 0 Å². The van der Waals surface area contributed by atoms with E-state index < -0.39 is 4.92 Å². The molecule has 6 heteroatoms. The summed E-state index contributed by atoms with van der Waals surface area (Å²) in [7, 11) is 0. The molecule has 0 unspecified atom stereocenters. The van der Waals surface area contributed by atoms with Crippen LogP contribution in [0.2, 0.25) is 5.02 Å². The standard InChI is InChI=1S/C12H8ClFN2O2/c13-10-6-11(15)12(16(17)18)5-9(10)7-1-3-8(14)4-2-7/h1-6H,15H2. The Labute approximate surface area is 107 Å². The molecule has 2 rings (SSSR count). The van der Waals surface area contributed by atoms with Crippen molar-refractivity contribution < 1.29 is 9.31 Å². The quantitative estimate of drug-likeness (QED) is 0.512. The van der Waals surface area contributed by atoms with Crippen LogP contribution in [-0.2, 0) is 0 Å². The van der Waals surface area contributed by atoms with Crippen LogP contribution in [0, 0.1) is 15.9 Å². The fourth-order valence-corrected chi connectivity index (χ4v) is 1.87. The maximum absolute atomic E-state index is 12.8. The van der Waals surface area contributed by atoms with Crippen LogP contribution < -0.4 is 5.73 Å². The zero-order valence-corrected chi connectivity index (χ0v) is 9.82. The van der Waals surface area contributed by atoms with Gasteiger partial charge in [0.2, 0.25) is 0 Å². The van der Waals surface area contributed by atoms with Crippen molar-refractivity contribution >= 4 is 23.0 Å². The lowest BCUT2D eigenvalue weighted by Crippen LogP contribution is -1.96. The molecule has 2 aromatic carbocycles. The Bertz CT molecular complexity index is 614. The summed E-state index contributed by atoms with van der Waals surface area (Å²) in [5.74, 6) is -0.389. The second-order valence-corrected chi connectivity index (χ2v) is 4.06. The summed E-state index contributed by atoms with van der Waals surface area (Å²) in [5.41, 5.74) is 6.31. The molecule has 0 atom stereocenters. The number of rotatable bonds is 2. The molecule has 0 heterocycles. The van der Waals surface area contributed by atoms with Crippen LogP contribution in [0.5, 0.6) is 0 Å². The van der Waals surface area contributed by atoms with Crippen LogP contribution in [0.4, 0.5) is 15.8 Å². The lowest BCUT2D eigenvalue weighted by atomic mass is 10.0. The van der Waals surface area contributed by atoms with Crippen LogP contribution >= 0.6 is 11.6 Å². The molecule has 2 aromatic rings. The van der Waals surface area contributed by atoms with E-state index in [1.54, 1.807) is 0 Å². The first-order chi connectivity index (χ1) is 8.49. The lowest BCUT2D eigenvalue weighted by Gasteiger charge is -2.06. The third-order valence-corrected chi connectivity index (χ3v) is 2.78. The molecule has 18 heavy (non-hydrogen) atoms. The SMILES string of the molecule is Nc1cc(Cl)c(-c2ccc(F)cc2)cc1[N+](=O)[O-]. The lowest BCUT2D eigenvalue weighted by molar-refractivity contribution is -0.383. The molecule has 0 aliphatic rings. The number of nitrogen functional groups attached to an aromatic ring is 1. The largest absolute Gasteiger partial charge is 0.393 e. The maximum Gasteiger partial charge on any atom is 0.292 e. The molecular formula is C12H8ClFN2O2. The highest BCUT2D eigenvalue weighted by Gasteiger charge is 2.16. The Hall–Kier alpha value is -2.14. The molecule has 0 aliphatic carbocycles. The molecule has 0 spiro atoms. The Balaban J connectivity index is 2.60. The molecule has 0 amide bonds. The monoisotopic (exact) mass is 266 g/mol. The normalized spacial score (nSPS) is 10.3. The highest BCUT2D eigenvalue weighted by molar-refractivity contribution is 6.33. The van der Waals surface area contributed by atoms with E-state index in [1.165, 1.54) is 36.4 Å². The third kappa shape index (κ3) is 2.26. The predicted molar refractivity (Wildman–Crippen MR) is 67.9 cm³/mol. The van der Waals surface area contributed by atoms with Crippen molar-refractivity contribution in [3.05, 3.63) is 57.4 Å². The molecular weight excluding hydrogens is 259 g/mol. The molecule has 4 nitrogen and oxygen atoms in total. The minimum absolute atomic E-state index is 0.00383. The molecule has 0 radical (unpaired) electrons. The highest BCUT2D eigenvalue weighted by Crippen LogP contribution is 2.35. The molecule has 0 saturated carbocycles. The van der Waals surface area contributed by atoms with Gasteiger partial charge in [0.15, 0.2) is 0 Å². The van der Waals surface area contributed by atoms with Crippen LogP contribution in [-0.4, -0.2) is 4.92 Å². The second kappa shape index (κ2) is 4.62. The van der Waals surface area contributed by atoms with E-state index in [9.17, 15) is 14.5 Å². The van der Waals surface area contributed by atoms with E-state index >= 15 is 0 Å². The number of nitrogens with zero attached hydrogens (tertiary/aromatic N) is 1. The van der Waals surface area contributed by atoms with Gasteiger partial charge in [-0.2, -0.15) is 0 Å². The number of halogens is 2. The van der Waals surface area contributed by atoms with Gasteiger partial charge in [0.1, 0.15) is 11.5 Å². The summed E-state index contributed by atoms with van der Waals surface area (Å²) in [6.45, 7) is 0. The van der Waals surface area contributed by atoms with Crippen molar-refractivity contribution in [3.8, 4) is 11.1 Å². The number of hydrogen-bond donors (Lipinski definition) is 1. The van der Waals surface area contributed by atoms with Gasteiger partial charge < -0.3 is 5.73 Å². The number of nitrogens with two attached hydrogens (primary N) is 1. The third-order valence-electron chi connectivity index (χ3n) is 2.47. The summed E-state index contributed by atoms with van der Waals surface area (Å²) in [4.78, 5) is 10.2. The van der Waals surface area contributed by atoms with Gasteiger partial charge in [-0.25, -0.2) is 4.39 Å². The van der Waals surface area contributed by atoms with Crippen LogP contribution in [0.25, 0.3) is 11.1 Å². The Kier molecular flexibility index (Phi) is 3.16. The number of nitro groups is 1. The molecule has 2 N–H and O–H groups in total. The summed E-state index contributed by atoms with van der Waals surface area (Å²) < 4.78 is 12.8. The van der Waals surface area contributed by atoms with E-state index in [2.05, 4.69) is 0 Å². The van der Waals surface area contributed by atoms with Crippen molar-refractivity contribution in [2.75, 3.05) is 5.73 Å². The molecule has 0 aromatic heterocycles. The predicted octanol–water partition coefficient (Wildman–Crippen LogP) is 3.64. The molecule has 0 fully saturated rings. The second-order valence-electron chi connectivity index (χ2n) is 3.65. The van der Waals surface area contributed by atoms with Crippen LogP contribution in [0.15, 0.2) is 36.4 Å².